The van der Waals surface area contributed by atoms with Crippen LogP contribution in [-0.2, 0) is 36.8 Å². The molecule has 0 bridgehead atoms. The lowest BCUT2D eigenvalue weighted by atomic mass is 9.98. The molecule has 0 unspecified atom stereocenters. The molecule has 0 saturated carbocycles. The van der Waals surface area contributed by atoms with E-state index < -0.39 is 63.7 Å². The summed E-state index contributed by atoms with van der Waals surface area (Å²) in [5, 5.41) is 36.5. The standard InChI is InChI=1S/C23H25N2O13P/c26-19(27)10-24(11-20(28)29)8-14-5-15(9-25(12-21(30)31)13-22(32)33)7-17(6-14)23(34)16-1-3-18(4-2-16)38-39(35,36)37/h1-7H,8-13H2,(H,26,27)(H,28,29)(H,30,31)(H,32,33)(H2,35,36,37). The van der Waals surface area contributed by atoms with Crippen LogP contribution in [0.4, 0.5) is 0 Å². The van der Waals surface area contributed by atoms with Crippen LogP contribution in [0.25, 0.3) is 0 Å². The third-order valence-electron chi connectivity index (χ3n) is 4.90. The number of carbonyl (C=O) groups is 5. The third-order valence-corrected chi connectivity index (χ3v) is 5.35. The monoisotopic (exact) mass is 568 g/mol. The minimum atomic E-state index is -4.83. The number of phosphoric acid groups is 1. The number of aliphatic carboxylic acids is 4. The second kappa shape index (κ2) is 13.6. The molecule has 0 radical (unpaired) electrons. The fraction of sp³-hybridized carbons (Fsp3) is 0.261. The zero-order valence-electron chi connectivity index (χ0n) is 20.2. The van der Waals surface area contributed by atoms with Gasteiger partial charge < -0.3 is 24.9 Å². The maximum Gasteiger partial charge on any atom is 0.524 e. The van der Waals surface area contributed by atoms with Crippen molar-refractivity contribution in [2.75, 3.05) is 26.2 Å². The van der Waals surface area contributed by atoms with Crippen LogP contribution in [0.15, 0.2) is 42.5 Å². The van der Waals surface area contributed by atoms with Crippen molar-refractivity contribution in [3.05, 3.63) is 64.7 Å². The minimum absolute atomic E-state index is 0.0300. The van der Waals surface area contributed by atoms with Gasteiger partial charge in [0.25, 0.3) is 0 Å². The van der Waals surface area contributed by atoms with Gasteiger partial charge in [-0.3, -0.25) is 43.6 Å². The van der Waals surface area contributed by atoms with E-state index in [1.807, 2.05) is 0 Å². The van der Waals surface area contributed by atoms with Gasteiger partial charge in [-0.1, -0.05) is 6.07 Å². The van der Waals surface area contributed by atoms with E-state index in [0.717, 1.165) is 21.9 Å². The molecule has 2 aromatic rings. The molecule has 16 heteroatoms. The summed E-state index contributed by atoms with van der Waals surface area (Å²) in [7, 11) is -4.83. The lowest BCUT2D eigenvalue weighted by Gasteiger charge is -2.21. The van der Waals surface area contributed by atoms with Crippen LogP contribution < -0.4 is 4.52 Å². The summed E-state index contributed by atoms with van der Waals surface area (Å²) in [5.74, 6) is -5.98. The van der Waals surface area contributed by atoms with Gasteiger partial charge in [-0.05, 0) is 47.5 Å². The molecule has 39 heavy (non-hydrogen) atoms. The molecule has 0 spiro atoms. The molecule has 210 valence electrons. The SMILES string of the molecule is O=C(O)CN(CC(=O)O)Cc1cc(CN(CC(=O)O)CC(=O)O)cc(C(=O)c2ccc(OP(=O)(O)O)cc2)c1. The van der Waals surface area contributed by atoms with E-state index in [0.29, 0.717) is 11.1 Å². The number of phosphoric ester groups is 1. The van der Waals surface area contributed by atoms with Crippen molar-refractivity contribution in [1.82, 2.24) is 9.80 Å². The maximum atomic E-state index is 13.2. The molecular formula is C23H25N2O13P. The van der Waals surface area contributed by atoms with Crippen molar-refractivity contribution in [3.8, 4) is 5.75 Å². The van der Waals surface area contributed by atoms with E-state index in [1.54, 1.807) is 0 Å². The molecule has 0 aliphatic heterocycles. The van der Waals surface area contributed by atoms with Crippen molar-refractivity contribution in [1.29, 1.82) is 0 Å². The van der Waals surface area contributed by atoms with Gasteiger partial charge in [0, 0.05) is 24.2 Å². The molecule has 6 N–H and O–H groups in total. The fourth-order valence-electron chi connectivity index (χ4n) is 3.66. The number of carboxylic acids is 4. The Labute approximate surface area is 220 Å². The van der Waals surface area contributed by atoms with Crippen molar-refractivity contribution in [2.45, 2.75) is 13.1 Å². The largest absolute Gasteiger partial charge is 0.524 e. The van der Waals surface area contributed by atoms with Crippen molar-refractivity contribution < 1.29 is 63.3 Å². The first-order valence-electron chi connectivity index (χ1n) is 11.0. The van der Waals surface area contributed by atoms with Gasteiger partial charge in [0.2, 0.25) is 0 Å². The number of hydrogen-bond acceptors (Lipinski definition) is 9. The Hall–Kier alpha value is -4.14. The van der Waals surface area contributed by atoms with Crippen LogP contribution in [0.1, 0.15) is 27.0 Å². The first kappa shape index (κ1) is 31.1. The molecule has 2 rings (SSSR count). The lowest BCUT2D eigenvalue weighted by Crippen LogP contribution is -2.35. The summed E-state index contributed by atoms with van der Waals surface area (Å²) in [6.45, 7) is -2.98. The van der Waals surface area contributed by atoms with E-state index in [-0.39, 0.29) is 30.0 Å². The second-order valence-corrected chi connectivity index (χ2v) is 9.50. The van der Waals surface area contributed by atoms with Gasteiger partial charge in [-0.2, -0.15) is 0 Å². The summed E-state index contributed by atoms with van der Waals surface area (Å²) >= 11 is 0. The lowest BCUT2D eigenvalue weighted by molar-refractivity contribution is -0.144. The van der Waals surface area contributed by atoms with Crippen LogP contribution in [0.5, 0.6) is 5.75 Å². The Balaban J connectivity index is 2.48. The van der Waals surface area contributed by atoms with Gasteiger partial charge in [0.15, 0.2) is 5.78 Å². The average molecular weight is 568 g/mol. The molecule has 0 atom stereocenters. The Kier molecular flexibility index (Phi) is 10.8. The molecule has 0 amide bonds. The zero-order valence-corrected chi connectivity index (χ0v) is 21.1. The average Bonchev–Trinajstić information content (AvgIpc) is 2.76. The van der Waals surface area contributed by atoms with Crippen molar-refractivity contribution in [3.63, 3.8) is 0 Å². The predicted octanol–water partition coefficient (Wildman–Crippen LogP) is 0.332. The molecule has 0 aromatic heterocycles. The van der Waals surface area contributed by atoms with E-state index in [4.69, 9.17) is 30.2 Å². The van der Waals surface area contributed by atoms with Gasteiger partial charge in [-0.15, -0.1) is 0 Å². The molecule has 0 aliphatic carbocycles. The van der Waals surface area contributed by atoms with E-state index in [9.17, 15) is 28.5 Å². The number of carbonyl (C=O) groups excluding carboxylic acids is 1. The molecule has 15 nitrogen and oxygen atoms in total. The predicted molar refractivity (Wildman–Crippen MR) is 130 cm³/mol. The molecule has 0 aliphatic rings. The number of rotatable bonds is 16. The number of hydrogen-bond donors (Lipinski definition) is 6. The van der Waals surface area contributed by atoms with Crippen LogP contribution in [-0.4, -0.2) is 95.9 Å². The highest BCUT2D eigenvalue weighted by Crippen LogP contribution is 2.37. The quantitative estimate of drug-likeness (QED) is 0.118. The summed E-state index contributed by atoms with van der Waals surface area (Å²) in [6, 6.07) is 9.01. The first-order chi connectivity index (χ1) is 18.1. The summed E-state index contributed by atoms with van der Waals surface area (Å²) in [6.07, 6.45) is 0. The Morgan fingerprint density at radius 3 is 1.36 bits per heavy atom. The summed E-state index contributed by atoms with van der Waals surface area (Å²) in [5.41, 5.74) is 0.690. The Bertz CT molecular complexity index is 1200. The molecular weight excluding hydrogens is 543 g/mol. The summed E-state index contributed by atoms with van der Waals surface area (Å²) < 4.78 is 15.5. The molecule has 0 fully saturated rings. The highest BCUT2D eigenvalue weighted by atomic mass is 31.2. The Morgan fingerprint density at radius 2 is 1.03 bits per heavy atom. The number of carboxylic acid groups (broad SMARTS) is 4. The highest BCUT2D eigenvalue weighted by Gasteiger charge is 2.20. The summed E-state index contributed by atoms with van der Waals surface area (Å²) in [4.78, 5) is 78.1. The zero-order chi connectivity index (χ0) is 29.3. The van der Waals surface area contributed by atoms with Gasteiger partial charge in [0.1, 0.15) is 5.75 Å². The molecule has 0 saturated heterocycles. The van der Waals surface area contributed by atoms with Crippen LogP contribution in [0, 0.1) is 0 Å². The Morgan fingerprint density at radius 1 is 0.641 bits per heavy atom. The van der Waals surface area contributed by atoms with Crippen LogP contribution in [0.2, 0.25) is 0 Å². The fourth-order valence-corrected chi connectivity index (χ4v) is 4.06. The van der Waals surface area contributed by atoms with Crippen molar-refractivity contribution >= 4 is 37.5 Å². The number of nitrogens with zero attached hydrogens (tertiary/aromatic N) is 2. The van der Waals surface area contributed by atoms with Gasteiger partial charge in [0.05, 0.1) is 26.2 Å². The normalized spacial score (nSPS) is 11.4. The van der Waals surface area contributed by atoms with Crippen LogP contribution in [0.3, 0.4) is 0 Å². The van der Waals surface area contributed by atoms with Gasteiger partial charge in [-0.25, -0.2) is 4.57 Å². The second-order valence-electron chi connectivity index (χ2n) is 8.34. The van der Waals surface area contributed by atoms with E-state index in [1.165, 1.54) is 30.3 Å². The van der Waals surface area contributed by atoms with E-state index >= 15 is 0 Å². The van der Waals surface area contributed by atoms with Crippen LogP contribution >= 0.6 is 7.82 Å². The first-order valence-corrected chi connectivity index (χ1v) is 12.5. The number of benzene rings is 2. The third kappa shape index (κ3) is 11.4. The number of ketones is 1. The highest BCUT2D eigenvalue weighted by molar-refractivity contribution is 7.46. The van der Waals surface area contributed by atoms with Crippen molar-refractivity contribution in [2.24, 2.45) is 0 Å². The molecule has 0 heterocycles. The smallest absolute Gasteiger partial charge is 0.480 e. The van der Waals surface area contributed by atoms with E-state index in [2.05, 4.69) is 4.52 Å². The minimum Gasteiger partial charge on any atom is -0.480 e. The topological polar surface area (TPSA) is 240 Å². The molecule has 2 aromatic carbocycles. The maximum absolute atomic E-state index is 13.2. The van der Waals surface area contributed by atoms with Gasteiger partial charge >= 0.3 is 31.7 Å².